The number of rotatable bonds is 8. The fourth-order valence-electron chi connectivity index (χ4n) is 2.96. The van der Waals surface area contributed by atoms with E-state index in [1.807, 2.05) is 0 Å². The molecule has 10 heteroatoms. The van der Waals surface area contributed by atoms with Crippen molar-refractivity contribution in [2.24, 2.45) is 5.10 Å². The fourth-order valence-corrected chi connectivity index (χ4v) is 2.96. The molecule has 2 N–H and O–H groups in total. The lowest BCUT2D eigenvalue weighted by Crippen LogP contribution is -2.18. The summed E-state index contributed by atoms with van der Waals surface area (Å²) in [6.45, 7) is 0. The van der Waals surface area contributed by atoms with Crippen LogP contribution in [0.4, 0.5) is 5.69 Å². The normalized spacial score (nSPS) is 10.7. The molecule has 4 aromatic rings. The lowest BCUT2D eigenvalue weighted by Gasteiger charge is -2.09. The number of methoxy groups -OCH3 is 1. The SMILES string of the molecule is COc1cc(C=NNC(=O)c2cccc(NC(=O)c3ccco3)c2)ccc1OC(=O)c1ccco1. The van der Waals surface area contributed by atoms with Crippen LogP contribution in [0, 0.1) is 0 Å². The number of hydrogen-bond donors (Lipinski definition) is 2. The number of nitrogens with one attached hydrogen (secondary N) is 2. The summed E-state index contributed by atoms with van der Waals surface area (Å²) in [6.07, 6.45) is 4.17. The molecule has 0 aliphatic heterocycles. The average molecular weight is 473 g/mol. The molecule has 2 heterocycles. The van der Waals surface area contributed by atoms with E-state index in [4.69, 9.17) is 18.3 Å². The summed E-state index contributed by atoms with van der Waals surface area (Å²) >= 11 is 0. The molecule has 0 bridgehead atoms. The molecule has 0 spiro atoms. The summed E-state index contributed by atoms with van der Waals surface area (Å²) in [5.74, 6) is -0.871. The van der Waals surface area contributed by atoms with E-state index in [1.165, 1.54) is 50.1 Å². The Kier molecular flexibility index (Phi) is 7.02. The number of carbonyl (C=O) groups excluding carboxylic acids is 3. The molecule has 2 aromatic carbocycles. The minimum atomic E-state index is -0.662. The van der Waals surface area contributed by atoms with Crippen molar-refractivity contribution in [2.75, 3.05) is 12.4 Å². The molecule has 176 valence electrons. The van der Waals surface area contributed by atoms with Crippen LogP contribution in [0.1, 0.15) is 37.0 Å². The highest BCUT2D eigenvalue weighted by molar-refractivity contribution is 6.03. The van der Waals surface area contributed by atoms with E-state index in [2.05, 4.69) is 15.8 Å². The molecule has 0 radical (unpaired) electrons. The first-order valence-corrected chi connectivity index (χ1v) is 10.3. The fraction of sp³-hybridized carbons (Fsp3) is 0.0400. The van der Waals surface area contributed by atoms with Gasteiger partial charge in [0.05, 0.1) is 25.9 Å². The number of esters is 1. The molecular formula is C25H19N3O7. The second kappa shape index (κ2) is 10.7. The molecule has 0 unspecified atom stereocenters. The van der Waals surface area contributed by atoms with Crippen molar-refractivity contribution in [3.63, 3.8) is 0 Å². The van der Waals surface area contributed by atoms with Gasteiger partial charge in [-0.15, -0.1) is 0 Å². The van der Waals surface area contributed by atoms with Crippen molar-refractivity contribution in [3.05, 3.63) is 102 Å². The Bertz CT molecular complexity index is 1360. The van der Waals surface area contributed by atoms with Gasteiger partial charge in [0.15, 0.2) is 17.3 Å². The third kappa shape index (κ3) is 5.82. The Morgan fingerprint density at radius 1 is 0.857 bits per heavy atom. The van der Waals surface area contributed by atoms with Gasteiger partial charge in [0, 0.05) is 11.3 Å². The van der Waals surface area contributed by atoms with E-state index in [0.29, 0.717) is 17.0 Å². The summed E-state index contributed by atoms with van der Waals surface area (Å²) in [4.78, 5) is 36.7. The number of nitrogens with zero attached hydrogens (tertiary/aromatic N) is 1. The Morgan fingerprint density at radius 2 is 1.63 bits per heavy atom. The number of carbonyl (C=O) groups is 3. The van der Waals surface area contributed by atoms with E-state index < -0.39 is 17.8 Å². The van der Waals surface area contributed by atoms with Gasteiger partial charge in [-0.3, -0.25) is 9.59 Å². The van der Waals surface area contributed by atoms with Gasteiger partial charge in [-0.1, -0.05) is 6.07 Å². The first-order valence-electron chi connectivity index (χ1n) is 10.3. The lowest BCUT2D eigenvalue weighted by atomic mass is 10.2. The highest BCUT2D eigenvalue weighted by atomic mass is 16.6. The van der Waals surface area contributed by atoms with Gasteiger partial charge in [0.25, 0.3) is 11.8 Å². The Morgan fingerprint density at radius 3 is 2.34 bits per heavy atom. The molecule has 0 saturated heterocycles. The molecule has 2 amide bonds. The zero-order valence-electron chi connectivity index (χ0n) is 18.4. The van der Waals surface area contributed by atoms with Gasteiger partial charge in [-0.2, -0.15) is 5.10 Å². The molecule has 35 heavy (non-hydrogen) atoms. The third-order valence-corrected chi connectivity index (χ3v) is 4.62. The number of amides is 2. The number of hydrogen-bond acceptors (Lipinski definition) is 8. The van der Waals surface area contributed by atoms with E-state index in [-0.39, 0.29) is 22.8 Å². The predicted octanol–water partition coefficient (Wildman–Crippen LogP) is 4.12. The summed E-state index contributed by atoms with van der Waals surface area (Å²) in [7, 11) is 1.43. The molecule has 0 atom stereocenters. The molecule has 4 rings (SSSR count). The quantitative estimate of drug-likeness (QED) is 0.170. The van der Waals surface area contributed by atoms with Crippen LogP contribution in [0.25, 0.3) is 0 Å². The van der Waals surface area contributed by atoms with Crippen LogP contribution < -0.4 is 20.2 Å². The second-order valence-corrected chi connectivity index (χ2v) is 6.99. The molecular weight excluding hydrogens is 454 g/mol. The molecule has 2 aromatic heterocycles. The van der Waals surface area contributed by atoms with E-state index in [0.717, 1.165) is 0 Å². The molecule has 0 aliphatic carbocycles. The van der Waals surface area contributed by atoms with Crippen molar-refractivity contribution in [1.82, 2.24) is 5.43 Å². The van der Waals surface area contributed by atoms with Crippen molar-refractivity contribution in [2.45, 2.75) is 0 Å². The van der Waals surface area contributed by atoms with Gasteiger partial charge in [-0.25, -0.2) is 10.2 Å². The van der Waals surface area contributed by atoms with Crippen LogP contribution in [0.3, 0.4) is 0 Å². The zero-order valence-corrected chi connectivity index (χ0v) is 18.4. The van der Waals surface area contributed by atoms with Crippen LogP contribution in [0.2, 0.25) is 0 Å². The summed E-state index contributed by atoms with van der Waals surface area (Å²) < 4.78 is 20.6. The summed E-state index contributed by atoms with van der Waals surface area (Å²) in [5, 5.41) is 6.61. The van der Waals surface area contributed by atoms with E-state index >= 15 is 0 Å². The van der Waals surface area contributed by atoms with E-state index in [1.54, 1.807) is 42.5 Å². The maximum Gasteiger partial charge on any atom is 0.379 e. The lowest BCUT2D eigenvalue weighted by molar-refractivity contribution is 0.0696. The van der Waals surface area contributed by atoms with Crippen molar-refractivity contribution >= 4 is 29.7 Å². The van der Waals surface area contributed by atoms with Crippen molar-refractivity contribution < 1.29 is 32.7 Å². The average Bonchev–Trinajstić information content (AvgIpc) is 3.60. The van der Waals surface area contributed by atoms with Crippen LogP contribution >= 0.6 is 0 Å². The Hall–Kier alpha value is -5.12. The smallest absolute Gasteiger partial charge is 0.379 e. The minimum absolute atomic E-state index is 0.0602. The van der Waals surface area contributed by atoms with Crippen molar-refractivity contribution in [3.8, 4) is 11.5 Å². The molecule has 0 aliphatic rings. The highest BCUT2D eigenvalue weighted by Crippen LogP contribution is 2.28. The molecule has 10 nitrogen and oxygen atoms in total. The van der Waals surface area contributed by atoms with Crippen LogP contribution in [0.15, 0.2) is 93.2 Å². The highest BCUT2D eigenvalue weighted by Gasteiger charge is 2.15. The monoisotopic (exact) mass is 473 g/mol. The van der Waals surface area contributed by atoms with Crippen LogP contribution in [-0.4, -0.2) is 31.1 Å². The van der Waals surface area contributed by atoms with Gasteiger partial charge in [-0.05, 0) is 66.2 Å². The first-order chi connectivity index (χ1) is 17.0. The first kappa shape index (κ1) is 23.1. The second-order valence-electron chi connectivity index (χ2n) is 6.99. The standard InChI is InChI=1S/C25H19N3O7/c1-32-22-13-16(9-10-19(22)35-25(31)21-8-4-12-34-21)15-26-28-23(29)17-5-2-6-18(14-17)27-24(30)20-7-3-11-33-20/h2-15H,1H3,(H,27,30)(H,28,29). The largest absolute Gasteiger partial charge is 0.493 e. The summed E-state index contributed by atoms with van der Waals surface area (Å²) in [5.41, 5.74) is 3.71. The number of ether oxygens (including phenoxy) is 2. The topological polar surface area (TPSA) is 132 Å². The molecule has 0 saturated carbocycles. The number of anilines is 1. The Labute approximate surface area is 199 Å². The van der Waals surface area contributed by atoms with Crippen LogP contribution in [0.5, 0.6) is 11.5 Å². The minimum Gasteiger partial charge on any atom is -0.493 e. The third-order valence-electron chi connectivity index (χ3n) is 4.62. The maximum absolute atomic E-state index is 12.5. The number of furan rings is 2. The number of hydrazone groups is 1. The van der Waals surface area contributed by atoms with Gasteiger partial charge in [0.2, 0.25) is 5.76 Å². The van der Waals surface area contributed by atoms with Gasteiger partial charge < -0.3 is 23.6 Å². The van der Waals surface area contributed by atoms with Gasteiger partial charge >= 0.3 is 5.97 Å². The number of benzene rings is 2. The van der Waals surface area contributed by atoms with Gasteiger partial charge in [0.1, 0.15) is 0 Å². The zero-order chi connectivity index (χ0) is 24.6. The molecule has 0 fully saturated rings. The predicted molar refractivity (Wildman–Crippen MR) is 125 cm³/mol. The Balaban J connectivity index is 1.37. The maximum atomic E-state index is 12.5. The van der Waals surface area contributed by atoms with Crippen LogP contribution in [-0.2, 0) is 0 Å². The van der Waals surface area contributed by atoms with Crippen molar-refractivity contribution in [1.29, 1.82) is 0 Å². The van der Waals surface area contributed by atoms with E-state index in [9.17, 15) is 14.4 Å². The summed E-state index contributed by atoms with van der Waals surface area (Å²) in [6, 6.07) is 17.3.